The first-order valence-electron chi connectivity index (χ1n) is 3.86. The van der Waals surface area contributed by atoms with Crippen molar-refractivity contribution < 1.29 is 20.7 Å². The van der Waals surface area contributed by atoms with Crippen molar-refractivity contribution in [2.75, 3.05) is 13.1 Å². The van der Waals surface area contributed by atoms with Crippen molar-refractivity contribution in [3.8, 4) is 5.75 Å². The SMILES string of the molecule is NCCN.Oc1ccccc1[CH]=[Fe]. The Balaban J connectivity index is 0.000000310. The van der Waals surface area contributed by atoms with Crippen molar-refractivity contribution in [3.05, 3.63) is 29.8 Å². The van der Waals surface area contributed by atoms with Gasteiger partial charge in [0.15, 0.2) is 0 Å². The normalized spacial score (nSPS) is 8.54. The number of aromatic hydroxyl groups is 1. The van der Waals surface area contributed by atoms with E-state index in [1.54, 1.807) is 17.1 Å². The number of rotatable bonds is 2. The van der Waals surface area contributed by atoms with E-state index in [1.165, 1.54) is 0 Å². The molecule has 1 rings (SSSR count). The van der Waals surface area contributed by atoms with E-state index >= 15 is 0 Å². The van der Waals surface area contributed by atoms with E-state index in [2.05, 4.69) is 15.6 Å². The van der Waals surface area contributed by atoms with Crippen molar-refractivity contribution >= 4 is 4.92 Å². The molecule has 0 bridgehead atoms. The van der Waals surface area contributed by atoms with Gasteiger partial charge in [0.05, 0.1) is 0 Å². The molecule has 0 aliphatic rings. The van der Waals surface area contributed by atoms with Crippen molar-refractivity contribution in [1.82, 2.24) is 0 Å². The number of para-hydroxylation sites is 1. The molecule has 0 unspecified atom stereocenters. The van der Waals surface area contributed by atoms with Crippen LogP contribution >= 0.6 is 0 Å². The van der Waals surface area contributed by atoms with Gasteiger partial charge in [-0.25, -0.2) is 0 Å². The Labute approximate surface area is 86.1 Å². The zero-order valence-electron chi connectivity index (χ0n) is 7.26. The van der Waals surface area contributed by atoms with Crippen LogP contribution in [0.2, 0.25) is 0 Å². The molecule has 13 heavy (non-hydrogen) atoms. The van der Waals surface area contributed by atoms with Gasteiger partial charge >= 0.3 is 61.2 Å². The molecular weight excluding hydrogens is 208 g/mol. The van der Waals surface area contributed by atoms with E-state index < -0.39 is 0 Å². The average molecular weight is 222 g/mol. The van der Waals surface area contributed by atoms with Crippen LogP contribution in [-0.2, 0) is 15.6 Å². The zero-order valence-corrected chi connectivity index (χ0v) is 8.36. The Hall–Kier alpha value is -0.671. The molecule has 5 N–H and O–H groups in total. The van der Waals surface area contributed by atoms with Crippen LogP contribution in [0.5, 0.6) is 5.75 Å². The van der Waals surface area contributed by atoms with Crippen LogP contribution in [0, 0.1) is 0 Å². The van der Waals surface area contributed by atoms with Gasteiger partial charge in [-0.2, -0.15) is 0 Å². The summed E-state index contributed by atoms with van der Waals surface area (Å²) in [6.07, 6.45) is 0. The van der Waals surface area contributed by atoms with Crippen LogP contribution in [0.1, 0.15) is 5.56 Å². The fourth-order valence-corrected chi connectivity index (χ4v) is 0.843. The molecule has 3 nitrogen and oxygen atoms in total. The summed E-state index contributed by atoms with van der Waals surface area (Å²) in [4.78, 5) is 1.62. The molecule has 1 aromatic carbocycles. The maximum atomic E-state index is 9.04. The number of hydrogen-bond acceptors (Lipinski definition) is 3. The number of hydrogen-bond donors (Lipinski definition) is 3. The molecule has 0 atom stereocenters. The molecule has 0 fully saturated rings. The molecular formula is C9H14FeN2O. The van der Waals surface area contributed by atoms with Gasteiger partial charge in [-0.15, -0.1) is 0 Å². The Morgan fingerprint density at radius 3 is 2.08 bits per heavy atom. The van der Waals surface area contributed by atoms with Crippen LogP contribution in [-0.4, -0.2) is 23.1 Å². The van der Waals surface area contributed by atoms with Crippen molar-refractivity contribution in [2.24, 2.45) is 11.5 Å². The molecule has 1 aromatic rings. The van der Waals surface area contributed by atoms with Crippen LogP contribution in [0.15, 0.2) is 24.3 Å². The summed E-state index contributed by atoms with van der Waals surface area (Å²) < 4.78 is 0. The predicted octanol–water partition coefficient (Wildman–Crippen LogP) is -0.00690. The first-order valence-corrected chi connectivity index (χ1v) is 4.50. The molecule has 0 heterocycles. The van der Waals surface area contributed by atoms with Crippen molar-refractivity contribution in [3.63, 3.8) is 0 Å². The van der Waals surface area contributed by atoms with Gasteiger partial charge < -0.3 is 11.5 Å². The summed E-state index contributed by atoms with van der Waals surface area (Å²) in [5, 5.41) is 9.04. The third kappa shape index (κ3) is 5.55. The molecule has 0 saturated carbocycles. The molecule has 0 aliphatic heterocycles. The minimum absolute atomic E-state index is 0.285. The quantitative estimate of drug-likeness (QED) is 0.616. The van der Waals surface area contributed by atoms with Gasteiger partial charge in [0.25, 0.3) is 0 Å². The van der Waals surface area contributed by atoms with E-state index in [4.69, 9.17) is 16.6 Å². The van der Waals surface area contributed by atoms with E-state index in [0.717, 1.165) is 5.56 Å². The number of phenolic OH excluding ortho intramolecular Hbond substituents is 1. The van der Waals surface area contributed by atoms with E-state index in [-0.39, 0.29) is 5.75 Å². The van der Waals surface area contributed by atoms with Crippen LogP contribution in [0.3, 0.4) is 0 Å². The number of nitrogens with two attached hydrogens (primary N) is 2. The molecule has 74 valence electrons. The number of benzene rings is 1. The predicted molar refractivity (Wildman–Crippen MR) is 51.4 cm³/mol. The van der Waals surface area contributed by atoms with E-state index in [9.17, 15) is 0 Å². The molecule has 4 heteroatoms. The van der Waals surface area contributed by atoms with Gasteiger partial charge in [0.2, 0.25) is 0 Å². The standard InChI is InChI=1S/C7H6O.C2H8N2.Fe/c1-6-4-2-3-5-7(6)8;3-1-2-4;/h1-5,8H;1-4H2;. The first-order chi connectivity index (χ1) is 6.26. The summed E-state index contributed by atoms with van der Waals surface area (Å²) in [6.45, 7) is 1.19. The molecule has 0 radical (unpaired) electrons. The number of phenols is 1. The molecule has 0 aliphatic carbocycles. The van der Waals surface area contributed by atoms with Gasteiger partial charge in [0.1, 0.15) is 0 Å². The van der Waals surface area contributed by atoms with Gasteiger partial charge in [-0.3, -0.25) is 0 Å². The Morgan fingerprint density at radius 1 is 1.23 bits per heavy atom. The average Bonchev–Trinajstić information content (AvgIpc) is 2.19. The fourth-order valence-electron chi connectivity index (χ4n) is 0.574. The maximum absolute atomic E-state index is 9.04. The third-order valence-corrected chi connectivity index (χ3v) is 1.56. The summed E-state index contributed by atoms with van der Waals surface area (Å²) in [6, 6.07) is 7.08. The second kappa shape index (κ2) is 7.95. The van der Waals surface area contributed by atoms with Gasteiger partial charge in [-0.05, 0) is 0 Å². The topological polar surface area (TPSA) is 72.3 Å². The van der Waals surface area contributed by atoms with Crippen LogP contribution in [0.25, 0.3) is 0 Å². The van der Waals surface area contributed by atoms with E-state index in [0.29, 0.717) is 13.1 Å². The summed E-state index contributed by atoms with van der Waals surface area (Å²) in [5.41, 5.74) is 10.6. The van der Waals surface area contributed by atoms with E-state index in [1.807, 2.05) is 12.1 Å². The summed E-state index contributed by atoms with van der Waals surface area (Å²) in [5.74, 6) is 0.285. The van der Waals surface area contributed by atoms with Crippen LogP contribution < -0.4 is 11.5 Å². The van der Waals surface area contributed by atoms with Gasteiger partial charge in [-0.1, -0.05) is 0 Å². The summed E-state index contributed by atoms with van der Waals surface area (Å²) in [7, 11) is 0. The summed E-state index contributed by atoms with van der Waals surface area (Å²) >= 11 is 3.53. The molecule has 0 saturated heterocycles. The second-order valence-corrected chi connectivity index (χ2v) is 2.56. The van der Waals surface area contributed by atoms with Crippen molar-refractivity contribution in [1.29, 1.82) is 0 Å². The Morgan fingerprint density at radius 2 is 1.77 bits per heavy atom. The third-order valence-electron chi connectivity index (χ3n) is 1.21. The monoisotopic (exact) mass is 222 g/mol. The molecule has 0 spiro atoms. The Kier molecular flexibility index (Phi) is 7.54. The first kappa shape index (κ1) is 12.3. The van der Waals surface area contributed by atoms with Gasteiger partial charge in [0, 0.05) is 13.1 Å². The molecule has 0 aromatic heterocycles. The molecule has 0 amide bonds. The van der Waals surface area contributed by atoms with Crippen molar-refractivity contribution in [2.45, 2.75) is 0 Å². The Bertz CT molecular complexity index is 251. The zero-order chi connectivity index (χ0) is 10.1. The second-order valence-electron chi connectivity index (χ2n) is 2.24. The fraction of sp³-hybridized carbons (Fsp3) is 0.222. The minimum atomic E-state index is 0.285. The van der Waals surface area contributed by atoms with Crippen LogP contribution in [0.4, 0.5) is 0 Å².